The van der Waals surface area contributed by atoms with Crippen molar-refractivity contribution < 1.29 is 4.79 Å². The van der Waals surface area contributed by atoms with Gasteiger partial charge in [0.1, 0.15) is 5.82 Å². The van der Waals surface area contributed by atoms with Crippen LogP contribution in [-0.2, 0) is 24.7 Å². The maximum Gasteiger partial charge on any atom is 0.328 e. The van der Waals surface area contributed by atoms with E-state index in [4.69, 9.17) is 0 Å². The normalized spacial score (nSPS) is 10.6. The second kappa shape index (κ2) is 6.99. The lowest BCUT2D eigenvalue weighted by molar-refractivity contribution is -0.120. The topological polar surface area (TPSA) is 110 Å². The van der Waals surface area contributed by atoms with E-state index in [1.807, 2.05) is 19.9 Å². The number of rotatable bonds is 5. The number of aryl methyl sites for hydroxylation is 2. The molecule has 23 heavy (non-hydrogen) atoms. The summed E-state index contributed by atoms with van der Waals surface area (Å²) in [5, 5.41) is 2.72. The smallest absolute Gasteiger partial charge is 0.328 e. The Kier molecular flexibility index (Phi) is 5.05. The molecule has 0 fully saturated rings. The van der Waals surface area contributed by atoms with Crippen LogP contribution in [0.3, 0.4) is 0 Å². The lowest BCUT2D eigenvalue weighted by atomic mass is 10.2. The van der Waals surface area contributed by atoms with E-state index in [9.17, 15) is 14.4 Å². The van der Waals surface area contributed by atoms with Gasteiger partial charge in [-0.2, -0.15) is 0 Å². The molecule has 2 aromatic heterocycles. The molecule has 2 aromatic rings. The Hall–Kier alpha value is -2.77. The van der Waals surface area contributed by atoms with Gasteiger partial charge < -0.3 is 10.3 Å². The van der Waals surface area contributed by atoms with Crippen molar-refractivity contribution in [2.24, 2.45) is 7.05 Å². The zero-order valence-corrected chi connectivity index (χ0v) is 13.3. The molecule has 0 saturated carbocycles. The number of aromatic amines is 1. The fourth-order valence-corrected chi connectivity index (χ4v) is 2.20. The fraction of sp³-hybridized carbons (Fsp3) is 0.400. The van der Waals surface area contributed by atoms with Crippen molar-refractivity contribution in [3.05, 3.63) is 55.9 Å². The molecule has 0 aliphatic rings. The molecular weight excluding hydrogens is 298 g/mol. The molecule has 0 bridgehead atoms. The maximum atomic E-state index is 11.9. The highest BCUT2D eigenvalue weighted by Gasteiger charge is 2.09. The minimum absolute atomic E-state index is 0.0862. The van der Waals surface area contributed by atoms with Crippen LogP contribution < -0.4 is 16.6 Å². The van der Waals surface area contributed by atoms with Gasteiger partial charge in [0.2, 0.25) is 5.91 Å². The summed E-state index contributed by atoms with van der Waals surface area (Å²) in [6.45, 7) is 4.16. The van der Waals surface area contributed by atoms with Gasteiger partial charge in [0.25, 0.3) is 5.56 Å². The number of hydrogen-bond acceptors (Lipinski definition) is 5. The quantitative estimate of drug-likeness (QED) is 0.764. The van der Waals surface area contributed by atoms with Gasteiger partial charge in [-0.25, -0.2) is 14.8 Å². The molecule has 122 valence electrons. The van der Waals surface area contributed by atoms with Gasteiger partial charge in [0, 0.05) is 43.2 Å². The first-order valence-electron chi connectivity index (χ1n) is 7.22. The summed E-state index contributed by atoms with van der Waals surface area (Å²) < 4.78 is 0.936. The summed E-state index contributed by atoms with van der Waals surface area (Å²) in [4.78, 5) is 46.0. The predicted molar refractivity (Wildman–Crippen MR) is 84.2 cm³/mol. The molecule has 1 amide bonds. The number of aromatic nitrogens is 4. The molecule has 2 N–H and O–H groups in total. The van der Waals surface area contributed by atoms with Crippen LogP contribution in [0.5, 0.6) is 0 Å². The highest BCUT2D eigenvalue weighted by Crippen LogP contribution is 1.99. The number of carbonyl (C=O) groups is 1. The van der Waals surface area contributed by atoms with E-state index in [0.29, 0.717) is 18.8 Å². The zero-order valence-electron chi connectivity index (χ0n) is 13.3. The average molecular weight is 317 g/mol. The third kappa shape index (κ3) is 4.35. The number of carbonyl (C=O) groups excluding carboxylic acids is 1. The standard InChI is InChI=1S/C15H19N5O3/c1-9-6-10(2)19-12(18-9)4-5-16-13(21)7-11-8-17-15(23)20(3)14(11)22/h6,8H,4-5,7H2,1-3H3,(H,16,21)(H,17,23). The first-order chi connectivity index (χ1) is 10.9. The van der Waals surface area contributed by atoms with Crippen LogP contribution in [0.15, 0.2) is 21.9 Å². The summed E-state index contributed by atoms with van der Waals surface area (Å²) >= 11 is 0. The molecule has 0 radical (unpaired) electrons. The van der Waals surface area contributed by atoms with Crippen molar-refractivity contribution in [1.29, 1.82) is 0 Å². The van der Waals surface area contributed by atoms with Gasteiger partial charge in [0.15, 0.2) is 0 Å². The van der Waals surface area contributed by atoms with E-state index in [-0.39, 0.29) is 17.9 Å². The summed E-state index contributed by atoms with van der Waals surface area (Å²) in [6, 6.07) is 1.88. The Morgan fingerprint density at radius 1 is 1.26 bits per heavy atom. The van der Waals surface area contributed by atoms with E-state index in [0.717, 1.165) is 16.0 Å². The van der Waals surface area contributed by atoms with E-state index in [1.165, 1.54) is 13.2 Å². The summed E-state index contributed by atoms with van der Waals surface area (Å²) in [7, 11) is 1.36. The molecule has 0 spiro atoms. The van der Waals surface area contributed by atoms with Crippen molar-refractivity contribution in [2.45, 2.75) is 26.7 Å². The fourth-order valence-electron chi connectivity index (χ4n) is 2.20. The zero-order chi connectivity index (χ0) is 17.0. The number of amides is 1. The minimum Gasteiger partial charge on any atom is -0.355 e. The average Bonchev–Trinajstić information content (AvgIpc) is 2.47. The van der Waals surface area contributed by atoms with E-state index in [1.54, 1.807) is 0 Å². The lowest BCUT2D eigenvalue weighted by Gasteiger charge is -2.06. The van der Waals surface area contributed by atoms with E-state index >= 15 is 0 Å². The predicted octanol–water partition coefficient (Wildman–Crippen LogP) is -0.618. The van der Waals surface area contributed by atoms with Gasteiger partial charge in [-0.15, -0.1) is 0 Å². The molecule has 8 nitrogen and oxygen atoms in total. The molecule has 2 rings (SSSR count). The van der Waals surface area contributed by atoms with Crippen molar-refractivity contribution in [3.8, 4) is 0 Å². The Balaban J connectivity index is 1.92. The molecule has 8 heteroatoms. The van der Waals surface area contributed by atoms with Crippen molar-refractivity contribution in [1.82, 2.24) is 24.8 Å². The molecule has 0 saturated heterocycles. The highest BCUT2D eigenvalue weighted by atomic mass is 16.2. The Morgan fingerprint density at radius 3 is 2.57 bits per heavy atom. The third-order valence-electron chi connectivity index (χ3n) is 3.30. The third-order valence-corrected chi connectivity index (χ3v) is 3.30. The Morgan fingerprint density at radius 2 is 1.91 bits per heavy atom. The molecule has 0 aromatic carbocycles. The molecule has 0 aliphatic carbocycles. The SMILES string of the molecule is Cc1cc(C)nc(CCNC(=O)Cc2c[nH]c(=O)n(C)c2=O)n1. The lowest BCUT2D eigenvalue weighted by Crippen LogP contribution is -2.37. The first kappa shape index (κ1) is 16.6. The van der Waals surface area contributed by atoms with Gasteiger partial charge in [-0.3, -0.25) is 14.2 Å². The largest absolute Gasteiger partial charge is 0.355 e. The van der Waals surface area contributed by atoms with Crippen LogP contribution in [0.1, 0.15) is 22.8 Å². The van der Waals surface area contributed by atoms with Crippen molar-refractivity contribution in [3.63, 3.8) is 0 Å². The molecule has 2 heterocycles. The van der Waals surface area contributed by atoms with E-state index in [2.05, 4.69) is 20.3 Å². The number of nitrogens with one attached hydrogen (secondary N) is 2. The second-order valence-corrected chi connectivity index (χ2v) is 5.33. The first-order valence-corrected chi connectivity index (χ1v) is 7.22. The van der Waals surface area contributed by atoms with Gasteiger partial charge in [-0.05, 0) is 19.9 Å². The van der Waals surface area contributed by atoms with Crippen LogP contribution in [0.25, 0.3) is 0 Å². The van der Waals surface area contributed by atoms with Crippen LogP contribution in [0.2, 0.25) is 0 Å². The van der Waals surface area contributed by atoms with Crippen molar-refractivity contribution >= 4 is 5.91 Å². The Labute approximate surface area is 132 Å². The van der Waals surface area contributed by atoms with Gasteiger partial charge >= 0.3 is 5.69 Å². The maximum absolute atomic E-state index is 11.9. The van der Waals surface area contributed by atoms with E-state index < -0.39 is 11.2 Å². The summed E-state index contributed by atoms with van der Waals surface area (Å²) in [5.41, 5.74) is 1.03. The van der Waals surface area contributed by atoms with Crippen LogP contribution >= 0.6 is 0 Å². The molecule has 0 aliphatic heterocycles. The van der Waals surface area contributed by atoms with Crippen molar-refractivity contribution in [2.75, 3.05) is 6.54 Å². The minimum atomic E-state index is -0.508. The number of H-pyrrole nitrogens is 1. The molecular formula is C15H19N5O3. The monoisotopic (exact) mass is 317 g/mol. The molecule has 0 atom stereocenters. The van der Waals surface area contributed by atoms with Crippen LogP contribution in [-0.4, -0.2) is 32.0 Å². The number of hydrogen-bond donors (Lipinski definition) is 2. The van der Waals surface area contributed by atoms with Crippen LogP contribution in [0, 0.1) is 13.8 Å². The summed E-state index contributed by atoms with van der Waals surface area (Å²) in [5.74, 6) is 0.376. The van der Waals surface area contributed by atoms with Gasteiger partial charge in [-0.1, -0.05) is 0 Å². The van der Waals surface area contributed by atoms with Gasteiger partial charge in [0.05, 0.1) is 6.42 Å². The van der Waals surface area contributed by atoms with Crippen LogP contribution in [0.4, 0.5) is 0 Å². The number of nitrogens with zero attached hydrogens (tertiary/aromatic N) is 3. The second-order valence-electron chi connectivity index (χ2n) is 5.33. The Bertz CT molecular complexity index is 817. The summed E-state index contributed by atoms with van der Waals surface area (Å²) in [6.07, 6.45) is 1.70. The molecule has 0 unspecified atom stereocenters. The highest BCUT2D eigenvalue weighted by molar-refractivity contribution is 5.78.